The lowest BCUT2D eigenvalue weighted by molar-refractivity contribution is -0.156. The first-order valence-electron chi connectivity index (χ1n) is 18.9. The van der Waals surface area contributed by atoms with Gasteiger partial charge in [0.15, 0.2) is 0 Å². The average molecular weight is 730 g/mol. The van der Waals surface area contributed by atoms with Gasteiger partial charge in [0, 0.05) is 17.0 Å². The standard InChI is InChI=1S/C42H55N3O8/c1-6-7-8-9-10-11-12-13-14-15-16-21-26-51-34-25-20-19-24-33(34)44-37(47)32-27-35(30-22-17-18-23-31(30)36(32)46)53-40(50)45-38(48)42(5,28-43-45)29-52-39(49)41(2,3)4/h17-20,22-25,27-28,46H,6-16,21,26,29H2,1-5H3,(H,44,47). The number of ether oxygens (including phenoxy) is 3. The molecule has 0 radical (unpaired) electrons. The number of nitrogens with zero attached hydrogens (tertiary/aromatic N) is 2. The van der Waals surface area contributed by atoms with Crippen LogP contribution in [0.15, 0.2) is 59.7 Å². The number of aromatic hydroxyl groups is 1. The summed E-state index contributed by atoms with van der Waals surface area (Å²) in [5.74, 6) is -1.79. The van der Waals surface area contributed by atoms with E-state index < -0.39 is 34.7 Å². The van der Waals surface area contributed by atoms with Crippen molar-refractivity contribution in [1.82, 2.24) is 5.01 Å². The fourth-order valence-electron chi connectivity index (χ4n) is 5.93. The third kappa shape index (κ3) is 11.3. The van der Waals surface area contributed by atoms with Gasteiger partial charge in [-0.25, -0.2) is 4.79 Å². The van der Waals surface area contributed by atoms with Gasteiger partial charge in [0.2, 0.25) is 0 Å². The third-order valence-electron chi connectivity index (χ3n) is 9.24. The van der Waals surface area contributed by atoms with Crippen LogP contribution in [-0.2, 0) is 14.3 Å². The lowest BCUT2D eigenvalue weighted by atomic mass is 9.92. The number of esters is 1. The topological polar surface area (TPSA) is 144 Å². The van der Waals surface area contributed by atoms with E-state index in [4.69, 9.17) is 14.2 Å². The van der Waals surface area contributed by atoms with Crippen molar-refractivity contribution in [2.75, 3.05) is 18.5 Å². The Morgan fingerprint density at radius 2 is 1.42 bits per heavy atom. The maximum atomic E-state index is 13.7. The molecule has 3 aromatic carbocycles. The number of carbonyl (C=O) groups excluding carboxylic acids is 4. The van der Waals surface area contributed by atoms with E-state index in [9.17, 15) is 24.3 Å². The van der Waals surface area contributed by atoms with Gasteiger partial charge in [0.1, 0.15) is 29.3 Å². The Balaban J connectivity index is 1.36. The number of phenols is 1. The summed E-state index contributed by atoms with van der Waals surface area (Å²) in [6.45, 7) is 9.00. The van der Waals surface area contributed by atoms with Crippen molar-refractivity contribution < 1.29 is 38.5 Å². The van der Waals surface area contributed by atoms with E-state index in [0.717, 1.165) is 19.3 Å². The first-order valence-corrected chi connectivity index (χ1v) is 18.9. The van der Waals surface area contributed by atoms with Crippen LogP contribution in [0.1, 0.15) is 122 Å². The molecule has 0 aromatic heterocycles. The molecular weight excluding hydrogens is 674 g/mol. The number of hydrogen-bond acceptors (Lipinski definition) is 9. The van der Waals surface area contributed by atoms with Crippen LogP contribution in [-0.4, -0.2) is 53.4 Å². The number of hydrazone groups is 1. The average Bonchev–Trinajstić information content (AvgIpc) is 3.43. The smallest absolute Gasteiger partial charge is 0.443 e. The van der Waals surface area contributed by atoms with Crippen LogP contribution in [0, 0.1) is 10.8 Å². The van der Waals surface area contributed by atoms with Crippen LogP contribution in [0.25, 0.3) is 10.8 Å². The highest BCUT2D eigenvalue weighted by molar-refractivity contribution is 6.12. The molecule has 0 bridgehead atoms. The van der Waals surface area contributed by atoms with Crippen LogP contribution in [0.3, 0.4) is 0 Å². The van der Waals surface area contributed by atoms with Crippen molar-refractivity contribution in [1.29, 1.82) is 0 Å². The molecule has 286 valence electrons. The minimum absolute atomic E-state index is 0.0687. The minimum atomic E-state index is -1.38. The van der Waals surface area contributed by atoms with Gasteiger partial charge in [-0.15, -0.1) is 5.01 Å². The zero-order chi connectivity index (χ0) is 38.4. The Kier molecular flexibility index (Phi) is 14.8. The van der Waals surface area contributed by atoms with Crippen LogP contribution in [0.2, 0.25) is 0 Å². The fourth-order valence-corrected chi connectivity index (χ4v) is 5.93. The summed E-state index contributed by atoms with van der Waals surface area (Å²) >= 11 is 0. The predicted molar refractivity (Wildman–Crippen MR) is 206 cm³/mol. The molecule has 3 aromatic rings. The number of para-hydroxylation sites is 2. The molecule has 1 heterocycles. The number of anilines is 1. The molecule has 0 saturated carbocycles. The summed E-state index contributed by atoms with van der Waals surface area (Å²) in [6.07, 6.45) is 15.0. The first kappa shape index (κ1) is 40.8. The number of imide groups is 1. The number of amides is 3. The molecule has 2 N–H and O–H groups in total. The van der Waals surface area contributed by atoms with E-state index in [-0.39, 0.29) is 29.1 Å². The van der Waals surface area contributed by atoms with Crippen LogP contribution in [0.4, 0.5) is 10.5 Å². The summed E-state index contributed by atoms with van der Waals surface area (Å²) in [5, 5.41) is 19.1. The number of phenolic OH excluding ortho intramolecular Hbond substituents is 1. The van der Waals surface area contributed by atoms with Crippen molar-refractivity contribution in [3.63, 3.8) is 0 Å². The van der Waals surface area contributed by atoms with Gasteiger partial charge in [0.05, 0.1) is 23.3 Å². The van der Waals surface area contributed by atoms with Crippen molar-refractivity contribution in [2.24, 2.45) is 15.9 Å². The highest BCUT2D eigenvalue weighted by Crippen LogP contribution is 2.38. The molecule has 1 aliphatic rings. The maximum absolute atomic E-state index is 13.7. The highest BCUT2D eigenvalue weighted by atomic mass is 16.6. The number of benzene rings is 3. The zero-order valence-corrected chi connectivity index (χ0v) is 31.9. The summed E-state index contributed by atoms with van der Waals surface area (Å²) in [7, 11) is 0. The number of carbonyl (C=O) groups is 4. The second-order valence-electron chi connectivity index (χ2n) is 15.0. The van der Waals surface area contributed by atoms with Crippen molar-refractivity contribution in [3.05, 3.63) is 60.2 Å². The van der Waals surface area contributed by atoms with Gasteiger partial charge in [-0.1, -0.05) is 114 Å². The number of hydrogen-bond donors (Lipinski definition) is 2. The molecule has 4 rings (SSSR count). The molecule has 53 heavy (non-hydrogen) atoms. The van der Waals surface area contributed by atoms with Crippen molar-refractivity contribution in [2.45, 2.75) is 112 Å². The Hall–Kier alpha value is -4.93. The molecular formula is C42H55N3O8. The minimum Gasteiger partial charge on any atom is -0.506 e. The van der Waals surface area contributed by atoms with Gasteiger partial charge < -0.3 is 24.6 Å². The van der Waals surface area contributed by atoms with E-state index >= 15 is 0 Å². The lowest BCUT2D eigenvalue weighted by Crippen LogP contribution is -2.42. The van der Waals surface area contributed by atoms with Gasteiger partial charge in [-0.3, -0.25) is 14.4 Å². The van der Waals surface area contributed by atoms with E-state index in [2.05, 4.69) is 17.3 Å². The molecule has 0 aliphatic carbocycles. The molecule has 11 nitrogen and oxygen atoms in total. The fraction of sp³-hybridized carbons (Fsp3) is 0.500. The molecule has 1 unspecified atom stereocenters. The summed E-state index contributed by atoms with van der Waals surface area (Å²) in [6, 6.07) is 14.9. The Labute approximate surface area is 313 Å². The van der Waals surface area contributed by atoms with Gasteiger partial charge in [0.25, 0.3) is 11.8 Å². The zero-order valence-electron chi connectivity index (χ0n) is 31.9. The van der Waals surface area contributed by atoms with Gasteiger partial charge >= 0.3 is 12.1 Å². The Morgan fingerprint density at radius 1 is 0.830 bits per heavy atom. The van der Waals surface area contributed by atoms with E-state index in [1.807, 2.05) is 6.07 Å². The van der Waals surface area contributed by atoms with E-state index in [1.54, 1.807) is 63.2 Å². The van der Waals surface area contributed by atoms with Crippen LogP contribution >= 0.6 is 0 Å². The quantitative estimate of drug-likeness (QED) is 0.0917. The molecule has 1 aliphatic heterocycles. The van der Waals surface area contributed by atoms with Crippen LogP contribution in [0.5, 0.6) is 17.2 Å². The van der Waals surface area contributed by atoms with Gasteiger partial charge in [-0.2, -0.15) is 5.10 Å². The van der Waals surface area contributed by atoms with E-state index in [1.165, 1.54) is 77.0 Å². The second-order valence-corrected chi connectivity index (χ2v) is 15.0. The molecule has 11 heteroatoms. The Bertz CT molecular complexity index is 1760. The first-order chi connectivity index (χ1) is 25.4. The van der Waals surface area contributed by atoms with E-state index in [0.29, 0.717) is 28.4 Å². The van der Waals surface area contributed by atoms with Crippen molar-refractivity contribution in [3.8, 4) is 17.2 Å². The maximum Gasteiger partial charge on any atom is 0.443 e. The molecule has 0 spiro atoms. The number of rotatable bonds is 19. The highest BCUT2D eigenvalue weighted by Gasteiger charge is 2.46. The third-order valence-corrected chi connectivity index (χ3v) is 9.24. The van der Waals surface area contributed by atoms with Gasteiger partial charge in [-0.05, 0) is 52.3 Å². The largest absolute Gasteiger partial charge is 0.506 e. The predicted octanol–water partition coefficient (Wildman–Crippen LogP) is 9.80. The number of fused-ring (bicyclic) bond motifs is 1. The summed E-state index contributed by atoms with van der Waals surface area (Å²) < 4.78 is 17.0. The molecule has 0 fully saturated rings. The second kappa shape index (κ2) is 19.2. The SMILES string of the molecule is CCCCCCCCCCCCCCOc1ccccc1NC(=O)c1cc(OC(=O)N2N=CC(C)(COC(=O)C(C)(C)C)C2=O)c2ccccc2c1O. The number of nitrogens with one attached hydrogen (secondary N) is 1. The number of unbranched alkanes of at least 4 members (excludes halogenated alkanes) is 11. The summed E-state index contributed by atoms with van der Waals surface area (Å²) in [5.41, 5.74) is -1.90. The molecule has 3 amide bonds. The van der Waals surface area contributed by atoms with Crippen molar-refractivity contribution >= 4 is 46.6 Å². The lowest BCUT2D eigenvalue weighted by Gasteiger charge is -2.23. The summed E-state index contributed by atoms with van der Waals surface area (Å²) in [4.78, 5) is 52.5. The Morgan fingerprint density at radius 3 is 2.06 bits per heavy atom. The molecule has 0 saturated heterocycles. The monoisotopic (exact) mass is 729 g/mol. The molecule has 1 atom stereocenters. The normalized spacial score (nSPS) is 15.5. The van der Waals surface area contributed by atoms with Crippen LogP contribution < -0.4 is 14.8 Å².